The fourth-order valence-corrected chi connectivity index (χ4v) is 2.30. The molecule has 1 unspecified atom stereocenters. The minimum atomic E-state index is -0.752. The number of nitrogens with one attached hydrogen (secondary N) is 1. The van der Waals surface area contributed by atoms with Crippen LogP contribution in [0.4, 0.5) is 0 Å². The summed E-state index contributed by atoms with van der Waals surface area (Å²) in [4.78, 5) is 11.3. The lowest BCUT2D eigenvalue weighted by Gasteiger charge is -2.26. The second kappa shape index (κ2) is 5.05. The van der Waals surface area contributed by atoms with Gasteiger partial charge in [0.25, 0.3) is 0 Å². The van der Waals surface area contributed by atoms with Gasteiger partial charge in [0, 0.05) is 12.3 Å². The van der Waals surface area contributed by atoms with Gasteiger partial charge in [-0.05, 0) is 19.8 Å². The molecule has 0 amide bonds. The summed E-state index contributed by atoms with van der Waals surface area (Å²) in [7, 11) is 0. The van der Waals surface area contributed by atoms with Gasteiger partial charge in [-0.15, -0.1) is 5.10 Å². The molecule has 2 N–H and O–H groups in total. The van der Waals surface area contributed by atoms with Crippen molar-refractivity contribution in [1.29, 1.82) is 0 Å². The van der Waals surface area contributed by atoms with Gasteiger partial charge in [-0.1, -0.05) is 25.6 Å². The molecule has 0 aliphatic carbocycles. The zero-order valence-corrected chi connectivity index (χ0v) is 11.0. The molecule has 0 radical (unpaired) electrons. The summed E-state index contributed by atoms with van der Waals surface area (Å²) < 4.78 is 1.56. The summed E-state index contributed by atoms with van der Waals surface area (Å²) in [5.74, 6) is 0.690. The molecule has 1 aromatic heterocycles. The van der Waals surface area contributed by atoms with Gasteiger partial charge in [-0.25, -0.2) is 9.89 Å². The molecule has 0 spiro atoms. The molecule has 1 aromatic rings. The maximum atomic E-state index is 11.3. The van der Waals surface area contributed by atoms with Crippen LogP contribution in [0.5, 0.6) is 0 Å². The molecule has 0 bridgehead atoms. The van der Waals surface area contributed by atoms with Crippen molar-refractivity contribution in [1.82, 2.24) is 14.8 Å². The number of nitrogens with zero attached hydrogens (tertiary/aromatic N) is 2. The third-order valence-corrected chi connectivity index (χ3v) is 4.08. The number of hydrogen-bond acceptors (Lipinski definition) is 4. The molecule has 92 valence electrons. The van der Waals surface area contributed by atoms with E-state index >= 15 is 0 Å². The lowest BCUT2D eigenvalue weighted by Crippen LogP contribution is -2.34. The van der Waals surface area contributed by atoms with Crippen LogP contribution in [-0.4, -0.2) is 31.2 Å². The summed E-state index contributed by atoms with van der Waals surface area (Å²) >= 11 is 1.40. The standard InChI is InChI=1S/C10H19N3O2S/c1-5-13-8(14)11-12-9(13)16-6-10(4,15)7(2)3/h7,15H,5-6H2,1-4H3,(H,11,14). The van der Waals surface area contributed by atoms with E-state index in [1.807, 2.05) is 20.8 Å². The third kappa shape index (κ3) is 2.89. The molecular weight excluding hydrogens is 226 g/mol. The predicted octanol–water partition coefficient (Wildman–Crippen LogP) is 1.09. The van der Waals surface area contributed by atoms with Crippen molar-refractivity contribution in [3.8, 4) is 0 Å². The fraction of sp³-hybridized carbons (Fsp3) is 0.800. The first-order valence-electron chi connectivity index (χ1n) is 5.39. The number of thioether (sulfide) groups is 1. The normalized spacial score (nSPS) is 15.4. The average molecular weight is 245 g/mol. The number of aliphatic hydroxyl groups is 1. The monoisotopic (exact) mass is 245 g/mol. The number of hydrogen-bond donors (Lipinski definition) is 2. The highest BCUT2D eigenvalue weighted by Gasteiger charge is 2.26. The molecular formula is C10H19N3O2S. The van der Waals surface area contributed by atoms with Gasteiger partial charge in [0.1, 0.15) is 0 Å². The van der Waals surface area contributed by atoms with Gasteiger partial charge in [0.05, 0.1) is 5.60 Å². The summed E-state index contributed by atoms with van der Waals surface area (Å²) in [6, 6.07) is 0. The van der Waals surface area contributed by atoms with Crippen LogP contribution in [0.3, 0.4) is 0 Å². The Bertz CT molecular complexity index is 395. The zero-order chi connectivity index (χ0) is 12.3. The molecule has 0 aliphatic heterocycles. The van der Waals surface area contributed by atoms with Crippen LogP contribution in [0.1, 0.15) is 27.7 Å². The van der Waals surface area contributed by atoms with Crippen molar-refractivity contribution in [3.63, 3.8) is 0 Å². The van der Waals surface area contributed by atoms with E-state index < -0.39 is 5.60 Å². The molecule has 1 atom stereocenters. The van der Waals surface area contributed by atoms with Crippen LogP contribution in [0.25, 0.3) is 0 Å². The highest BCUT2D eigenvalue weighted by atomic mass is 32.2. The first kappa shape index (κ1) is 13.3. The van der Waals surface area contributed by atoms with Crippen molar-refractivity contribution in [2.45, 2.75) is 45.0 Å². The fourth-order valence-electron chi connectivity index (χ4n) is 1.07. The van der Waals surface area contributed by atoms with Crippen molar-refractivity contribution < 1.29 is 5.11 Å². The van der Waals surface area contributed by atoms with E-state index in [4.69, 9.17) is 0 Å². The van der Waals surface area contributed by atoms with E-state index in [2.05, 4.69) is 10.2 Å². The maximum Gasteiger partial charge on any atom is 0.343 e. The van der Waals surface area contributed by atoms with E-state index in [0.29, 0.717) is 17.5 Å². The van der Waals surface area contributed by atoms with Crippen molar-refractivity contribution in [3.05, 3.63) is 10.5 Å². The van der Waals surface area contributed by atoms with Crippen LogP contribution < -0.4 is 5.69 Å². The minimum Gasteiger partial charge on any atom is -0.389 e. The summed E-state index contributed by atoms with van der Waals surface area (Å²) in [6.07, 6.45) is 0. The van der Waals surface area contributed by atoms with Gasteiger partial charge >= 0.3 is 5.69 Å². The average Bonchev–Trinajstić information content (AvgIpc) is 2.56. The quantitative estimate of drug-likeness (QED) is 0.762. The lowest BCUT2D eigenvalue weighted by atomic mass is 9.95. The SMILES string of the molecule is CCn1c(SCC(C)(O)C(C)C)n[nH]c1=O. The van der Waals surface area contributed by atoms with Crippen molar-refractivity contribution >= 4 is 11.8 Å². The Kier molecular flexibility index (Phi) is 4.21. The van der Waals surface area contributed by atoms with Crippen molar-refractivity contribution in [2.24, 2.45) is 5.92 Å². The first-order chi connectivity index (χ1) is 7.38. The van der Waals surface area contributed by atoms with Gasteiger partial charge in [0.2, 0.25) is 0 Å². The summed E-state index contributed by atoms with van der Waals surface area (Å²) in [5.41, 5.74) is -0.952. The summed E-state index contributed by atoms with van der Waals surface area (Å²) in [5, 5.41) is 17.0. The van der Waals surface area contributed by atoms with E-state index in [1.165, 1.54) is 11.8 Å². The lowest BCUT2D eigenvalue weighted by molar-refractivity contribution is 0.0376. The maximum absolute atomic E-state index is 11.3. The summed E-state index contributed by atoms with van der Waals surface area (Å²) in [6.45, 7) is 8.21. The van der Waals surface area contributed by atoms with Crippen LogP contribution in [0.15, 0.2) is 9.95 Å². The zero-order valence-electron chi connectivity index (χ0n) is 10.1. The number of aromatic nitrogens is 3. The topological polar surface area (TPSA) is 70.9 Å². The Morgan fingerprint density at radius 1 is 1.62 bits per heavy atom. The number of aromatic amines is 1. The predicted molar refractivity (Wildman–Crippen MR) is 64.7 cm³/mol. The molecule has 1 rings (SSSR count). The van der Waals surface area contributed by atoms with Gasteiger partial charge in [-0.3, -0.25) is 4.57 Å². The number of rotatable bonds is 5. The molecule has 1 heterocycles. The largest absolute Gasteiger partial charge is 0.389 e. The van der Waals surface area contributed by atoms with E-state index in [1.54, 1.807) is 11.5 Å². The van der Waals surface area contributed by atoms with Crippen molar-refractivity contribution in [2.75, 3.05) is 5.75 Å². The Balaban J connectivity index is 2.72. The second-order valence-electron chi connectivity index (χ2n) is 4.36. The Labute approximate surface area is 99.3 Å². The Morgan fingerprint density at radius 2 is 2.25 bits per heavy atom. The van der Waals surface area contributed by atoms with Crippen LogP contribution >= 0.6 is 11.8 Å². The molecule has 0 aliphatic rings. The second-order valence-corrected chi connectivity index (χ2v) is 5.30. The molecule has 5 nitrogen and oxygen atoms in total. The highest BCUT2D eigenvalue weighted by Crippen LogP contribution is 2.25. The number of H-pyrrole nitrogens is 1. The molecule has 0 fully saturated rings. The molecule has 0 aromatic carbocycles. The minimum absolute atomic E-state index is 0.167. The Hall–Kier alpha value is -0.750. The van der Waals surface area contributed by atoms with Gasteiger partial charge in [0.15, 0.2) is 5.16 Å². The van der Waals surface area contributed by atoms with E-state index in [0.717, 1.165) is 0 Å². The van der Waals surface area contributed by atoms with E-state index in [-0.39, 0.29) is 11.6 Å². The first-order valence-corrected chi connectivity index (χ1v) is 6.37. The molecule has 6 heteroatoms. The van der Waals surface area contributed by atoms with E-state index in [9.17, 15) is 9.90 Å². The third-order valence-electron chi connectivity index (χ3n) is 2.78. The Morgan fingerprint density at radius 3 is 2.75 bits per heavy atom. The molecule has 16 heavy (non-hydrogen) atoms. The van der Waals surface area contributed by atoms with Gasteiger partial charge in [-0.2, -0.15) is 0 Å². The van der Waals surface area contributed by atoms with Crippen LogP contribution in [-0.2, 0) is 6.54 Å². The highest BCUT2D eigenvalue weighted by molar-refractivity contribution is 7.99. The smallest absolute Gasteiger partial charge is 0.343 e. The van der Waals surface area contributed by atoms with Crippen LogP contribution in [0.2, 0.25) is 0 Å². The van der Waals surface area contributed by atoms with Gasteiger partial charge < -0.3 is 5.11 Å². The molecule has 0 saturated heterocycles. The van der Waals surface area contributed by atoms with Crippen LogP contribution in [0, 0.1) is 5.92 Å². The molecule has 0 saturated carbocycles.